The first-order chi connectivity index (χ1) is 11.5. The lowest BCUT2D eigenvalue weighted by atomic mass is 9.93. The first-order valence-electron chi connectivity index (χ1n) is 8.20. The first-order valence-corrected chi connectivity index (χ1v) is 9.08. The zero-order valence-corrected chi connectivity index (χ0v) is 14.5. The van der Waals surface area contributed by atoms with Gasteiger partial charge in [-0.1, -0.05) is 29.8 Å². The number of carbonyl (C=O) groups is 2. The van der Waals surface area contributed by atoms with E-state index in [2.05, 4.69) is 12.1 Å². The van der Waals surface area contributed by atoms with Crippen LogP contribution in [0.4, 0.5) is 0 Å². The molecule has 0 atom stereocenters. The smallest absolute Gasteiger partial charge is 0.303 e. The summed E-state index contributed by atoms with van der Waals surface area (Å²) in [5.41, 5.74) is 3.24. The number of benzene rings is 1. The summed E-state index contributed by atoms with van der Waals surface area (Å²) in [4.78, 5) is 26.3. The van der Waals surface area contributed by atoms with Gasteiger partial charge in [0.1, 0.15) is 0 Å². The molecule has 5 heteroatoms. The van der Waals surface area contributed by atoms with Crippen molar-refractivity contribution in [2.75, 3.05) is 13.1 Å². The van der Waals surface area contributed by atoms with Gasteiger partial charge in [0, 0.05) is 25.1 Å². The number of hydrogen-bond acceptors (Lipinski definition) is 3. The van der Waals surface area contributed by atoms with E-state index in [-0.39, 0.29) is 18.2 Å². The van der Waals surface area contributed by atoms with Crippen LogP contribution in [0.1, 0.15) is 34.5 Å². The number of carboxylic acid groups (broad SMARTS) is 1. The van der Waals surface area contributed by atoms with Crippen LogP contribution in [0.3, 0.4) is 0 Å². The molecule has 0 aliphatic carbocycles. The van der Waals surface area contributed by atoms with Gasteiger partial charge in [-0.05, 0) is 42.7 Å². The van der Waals surface area contributed by atoms with Crippen LogP contribution in [0.25, 0.3) is 11.1 Å². The van der Waals surface area contributed by atoms with Crippen LogP contribution in [0, 0.1) is 12.8 Å². The number of nitrogens with zero attached hydrogens (tertiary/aromatic N) is 1. The summed E-state index contributed by atoms with van der Waals surface area (Å²) in [7, 11) is 0. The lowest BCUT2D eigenvalue weighted by Gasteiger charge is -2.31. The lowest BCUT2D eigenvalue weighted by Crippen LogP contribution is -2.38. The minimum atomic E-state index is -0.750. The molecule has 0 unspecified atom stereocenters. The Bertz CT molecular complexity index is 727. The van der Waals surface area contributed by atoms with E-state index in [1.807, 2.05) is 35.4 Å². The summed E-state index contributed by atoms with van der Waals surface area (Å²) in [5, 5.41) is 10.9. The Labute approximate surface area is 145 Å². The molecule has 1 amide bonds. The number of likely N-dealkylation sites (tertiary alicyclic amines) is 1. The summed E-state index contributed by atoms with van der Waals surface area (Å²) in [6.07, 6.45) is 1.74. The average molecular weight is 343 g/mol. The highest BCUT2D eigenvalue weighted by Gasteiger charge is 2.27. The van der Waals surface area contributed by atoms with Crippen LogP contribution in [-0.2, 0) is 4.79 Å². The lowest BCUT2D eigenvalue weighted by molar-refractivity contribution is -0.138. The van der Waals surface area contributed by atoms with Crippen LogP contribution in [0.2, 0.25) is 0 Å². The van der Waals surface area contributed by atoms with Gasteiger partial charge < -0.3 is 10.0 Å². The molecule has 0 radical (unpaired) electrons. The van der Waals surface area contributed by atoms with E-state index in [1.165, 1.54) is 16.9 Å². The Kier molecular flexibility index (Phi) is 5.00. The first kappa shape index (κ1) is 16.7. The fourth-order valence-corrected chi connectivity index (χ4v) is 4.05. The molecule has 1 saturated heterocycles. The maximum absolute atomic E-state index is 12.9. The molecule has 1 aliphatic heterocycles. The van der Waals surface area contributed by atoms with Gasteiger partial charge in [-0.15, -0.1) is 11.3 Å². The predicted molar refractivity (Wildman–Crippen MR) is 95.4 cm³/mol. The highest BCUT2D eigenvalue weighted by Crippen LogP contribution is 2.31. The van der Waals surface area contributed by atoms with Gasteiger partial charge in [0.2, 0.25) is 0 Å². The molecule has 3 rings (SSSR count). The van der Waals surface area contributed by atoms with Crippen molar-refractivity contribution in [3.63, 3.8) is 0 Å². The van der Waals surface area contributed by atoms with Gasteiger partial charge in [-0.3, -0.25) is 9.59 Å². The van der Waals surface area contributed by atoms with Crippen LogP contribution in [0.15, 0.2) is 35.7 Å². The molecular weight excluding hydrogens is 322 g/mol. The largest absolute Gasteiger partial charge is 0.481 e. The number of aliphatic carboxylic acids is 1. The van der Waals surface area contributed by atoms with Crippen molar-refractivity contribution in [1.82, 2.24) is 4.90 Å². The standard InChI is InChI=1S/C19H21NO3S/c1-13-2-4-15(5-3-13)16-8-11-24-18(16)19(23)20-9-6-14(7-10-20)12-17(21)22/h2-5,8,11,14H,6-7,9-10,12H2,1H3,(H,21,22). The number of hydrogen-bond donors (Lipinski definition) is 1. The topological polar surface area (TPSA) is 57.6 Å². The van der Waals surface area contributed by atoms with E-state index in [0.717, 1.165) is 28.8 Å². The second-order valence-corrected chi connectivity index (χ2v) is 7.28. The number of piperidine rings is 1. The fourth-order valence-electron chi connectivity index (χ4n) is 3.17. The number of amides is 1. The maximum Gasteiger partial charge on any atom is 0.303 e. The van der Waals surface area contributed by atoms with E-state index < -0.39 is 5.97 Å². The second kappa shape index (κ2) is 7.18. The molecule has 2 heterocycles. The number of carbonyl (C=O) groups excluding carboxylic acids is 1. The van der Waals surface area contributed by atoms with Crippen LogP contribution >= 0.6 is 11.3 Å². The Morgan fingerprint density at radius 1 is 1.17 bits per heavy atom. The molecular formula is C19H21NO3S. The predicted octanol–water partition coefficient (Wildman–Crippen LogP) is 4.05. The van der Waals surface area contributed by atoms with Crippen molar-refractivity contribution in [2.24, 2.45) is 5.92 Å². The summed E-state index contributed by atoms with van der Waals surface area (Å²) < 4.78 is 0. The molecule has 1 N–H and O–H groups in total. The quantitative estimate of drug-likeness (QED) is 0.911. The zero-order chi connectivity index (χ0) is 17.1. The molecule has 1 aliphatic rings. The molecule has 1 fully saturated rings. The summed E-state index contributed by atoms with van der Waals surface area (Å²) in [6.45, 7) is 3.33. The molecule has 24 heavy (non-hydrogen) atoms. The highest BCUT2D eigenvalue weighted by molar-refractivity contribution is 7.12. The summed E-state index contributed by atoms with van der Waals surface area (Å²) in [5.74, 6) is -0.500. The Balaban J connectivity index is 1.72. The minimum Gasteiger partial charge on any atom is -0.481 e. The van der Waals surface area contributed by atoms with Crippen molar-refractivity contribution < 1.29 is 14.7 Å². The van der Waals surface area contributed by atoms with Gasteiger partial charge in [0.05, 0.1) is 4.88 Å². The third-order valence-corrected chi connectivity index (χ3v) is 5.49. The normalized spacial score (nSPS) is 15.5. The molecule has 0 spiro atoms. The van der Waals surface area contributed by atoms with Crippen molar-refractivity contribution in [2.45, 2.75) is 26.2 Å². The third kappa shape index (κ3) is 3.67. The van der Waals surface area contributed by atoms with Crippen molar-refractivity contribution in [1.29, 1.82) is 0 Å². The van der Waals surface area contributed by atoms with E-state index in [1.54, 1.807) is 0 Å². The molecule has 126 valence electrons. The fraction of sp³-hybridized carbons (Fsp3) is 0.368. The van der Waals surface area contributed by atoms with Crippen molar-refractivity contribution in [3.8, 4) is 11.1 Å². The number of rotatable bonds is 4. The van der Waals surface area contributed by atoms with E-state index in [0.29, 0.717) is 13.1 Å². The Morgan fingerprint density at radius 2 is 1.83 bits per heavy atom. The van der Waals surface area contributed by atoms with Gasteiger partial charge in [-0.2, -0.15) is 0 Å². The van der Waals surface area contributed by atoms with Gasteiger partial charge in [0.25, 0.3) is 5.91 Å². The zero-order valence-electron chi connectivity index (χ0n) is 13.7. The number of thiophene rings is 1. The van der Waals surface area contributed by atoms with Gasteiger partial charge in [-0.25, -0.2) is 0 Å². The van der Waals surface area contributed by atoms with Gasteiger partial charge >= 0.3 is 5.97 Å². The van der Waals surface area contributed by atoms with Crippen LogP contribution < -0.4 is 0 Å². The van der Waals surface area contributed by atoms with E-state index in [4.69, 9.17) is 5.11 Å². The summed E-state index contributed by atoms with van der Waals surface area (Å²) >= 11 is 1.48. The molecule has 0 bridgehead atoms. The van der Waals surface area contributed by atoms with E-state index >= 15 is 0 Å². The Morgan fingerprint density at radius 3 is 2.46 bits per heavy atom. The maximum atomic E-state index is 12.9. The number of aryl methyl sites for hydroxylation is 1. The third-order valence-electron chi connectivity index (χ3n) is 4.59. The second-order valence-electron chi connectivity index (χ2n) is 6.36. The number of carboxylic acids is 1. The summed E-state index contributed by atoms with van der Waals surface area (Å²) in [6, 6.07) is 10.2. The van der Waals surface area contributed by atoms with Crippen molar-refractivity contribution in [3.05, 3.63) is 46.2 Å². The van der Waals surface area contributed by atoms with Crippen molar-refractivity contribution >= 4 is 23.2 Å². The minimum absolute atomic E-state index is 0.0642. The molecule has 2 aromatic rings. The highest BCUT2D eigenvalue weighted by atomic mass is 32.1. The van der Waals surface area contributed by atoms with Gasteiger partial charge in [0.15, 0.2) is 0 Å². The Hall–Kier alpha value is -2.14. The van der Waals surface area contributed by atoms with Crippen LogP contribution in [-0.4, -0.2) is 35.0 Å². The van der Waals surface area contributed by atoms with Crippen LogP contribution in [0.5, 0.6) is 0 Å². The molecule has 4 nitrogen and oxygen atoms in total. The SMILES string of the molecule is Cc1ccc(-c2ccsc2C(=O)N2CCC(CC(=O)O)CC2)cc1. The molecule has 1 aromatic carbocycles. The average Bonchev–Trinajstić information content (AvgIpc) is 3.04. The van der Waals surface area contributed by atoms with E-state index in [9.17, 15) is 9.59 Å². The molecule has 0 saturated carbocycles. The monoisotopic (exact) mass is 343 g/mol. The molecule has 1 aromatic heterocycles.